The number of fused-ring (bicyclic) bond motifs is 2. The van der Waals surface area contributed by atoms with Crippen molar-refractivity contribution in [3.63, 3.8) is 0 Å². The smallest absolute Gasteiger partial charge is 0.309 e. The molecule has 2 unspecified atom stereocenters. The van der Waals surface area contributed by atoms with Crippen LogP contribution in [0, 0.1) is 11.3 Å². The Bertz CT molecular complexity index is 615. The van der Waals surface area contributed by atoms with E-state index < -0.39 is 11.4 Å². The van der Waals surface area contributed by atoms with E-state index in [4.69, 9.17) is 4.74 Å². The van der Waals surface area contributed by atoms with Crippen molar-refractivity contribution >= 4 is 11.5 Å². The predicted molar refractivity (Wildman–Crippen MR) is 77.8 cm³/mol. The van der Waals surface area contributed by atoms with Crippen LogP contribution in [-0.4, -0.2) is 18.2 Å². The number of ether oxygens (including phenoxy) is 1. The third-order valence-electron chi connectivity index (χ3n) is 5.27. The Morgan fingerprint density at radius 1 is 1.45 bits per heavy atom. The van der Waals surface area contributed by atoms with Crippen molar-refractivity contribution in [2.24, 2.45) is 11.3 Å². The molecule has 0 fully saturated rings. The van der Waals surface area contributed by atoms with E-state index in [0.29, 0.717) is 6.42 Å². The van der Waals surface area contributed by atoms with Gasteiger partial charge in [0.2, 0.25) is 0 Å². The molecule has 0 saturated carbocycles. The third-order valence-corrected chi connectivity index (χ3v) is 5.27. The molecule has 2 aliphatic carbocycles. The first kappa shape index (κ1) is 13.2. The number of methoxy groups -OCH3 is 1. The SMILES string of the molecule is COc1ccc2c(c1)CC1=C2CCC(C)(C(=O)O)C1C. The number of carboxylic acid groups (broad SMARTS) is 1. The molecule has 1 aromatic rings. The van der Waals surface area contributed by atoms with Gasteiger partial charge in [-0.2, -0.15) is 0 Å². The van der Waals surface area contributed by atoms with E-state index in [9.17, 15) is 9.90 Å². The molecule has 2 atom stereocenters. The van der Waals surface area contributed by atoms with E-state index in [-0.39, 0.29) is 5.92 Å². The molecule has 1 N–H and O–H groups in total. The zero-order valence-electron chi connectivity index (χ0n) is 12.2. The summed E-state index contributed by atoms with van der Waals surface area (Å²) in [5.74, 6) is 0.282. The van der Waals surface area contributed by atoms with E-state index in [2.05, 4.69) is 19.1 Å². The second-order valence-electron chi connectivity index (χ2n) is 6.15. The highest BCUT2D eigenvalue weighted by molar-refractivity contribution is 5.83. The summed E-state index contributed by atoms with van der Waals surface area (Å²) < 4.78 is 5.29. The topological polar surface area (TPSA) is 46.5 Å². The molecule has 3 nitrogen and oxygen atoms in total. The van der Waals surface area contributed by atoms with Crippen LogP contribution in [0.15, 0.2) is 23.8 Å². The molecular formula is C17H20O3. The van der Waals surface area contributed by atoms with Gasteiger partial charge in [-0.1, -0.05) is 18.6 Å². The minimum atomic E-state index is -0.676. The van der Waals surface area contributed by atoms with Crippen LogP contribution < -0.4 is 4.74 Å². The number of allylic oxidation sites excluding steroid dienone is 2. The summed E-state index contributed by atoms with van der Waals surface area (Å²) in [7, 11) is 1.67. The Labute approximate surface area is 119 Å². The standard InChI is InChI=1S/C17H20O3/c1-10-15-9-11-8-12(20-3)4-5-13(11)14(15)6-7-17(10,2)16(18)19/h4-5,8,10H,6-7,9H2,1-3H3,(H,18,19). The van der Waals surface area contributed by atoms with E-state index in [1.165, 1.54) is 22.3 Å². The average molecular weight is 272 g/mol. The van der Waals surface area contributed by atoms with Gasteiger partial charge in [-0.3, -0.25) is 4.79 Å². The predicted octanol–water partition coefficient (Wildman–Crippen LogP) is 3.53. The van der Waals surface area contributed by atoms with E-state index in [0.717, 1.165) is 18.6 Å². The summed E-state index contributed by atoms with van der Waals surface area (Å²) in [6.45, 7) is 3.94. The molecule has 3 heteroatoms. The van der Waals surface area contributed by atoms with Gasteiger partial charge < -0.3 is 9.84 Å². The van der Waals surface area contributed by atoms with Gasteiger partial charge in [0.25, 0.3) is 0 Å². The van der Waals surface area contributed by atoms with Crippen LogP contribution in [0.4, 0.5) is 0 Å². The number of benzene rings is 1. The molecule has 20 heavy (non-hydrogen) atoms. The Morgan fingerprint density at radius 2 is 2.20 bits per heavy atom. The fourth-order valence-corrected chi connectivity index (χ4v) is 3.61. The molecule has 0 spiro atoms. The normalized spacial score (nSPS) is 28.1. The number of hydrogen-bond acceptors (Lipinski definition) is 2. The lowest BCUT2D eigenvalue weighted by atomic mass is 9.66. The molecule has 0 heterocycles. The molecule has 2 aliphatic rings. The van der Waals surface area contributed by atoms with Gasteiger partial charge in [0.05, 0.1) is 12.5 Å². The molecule has 1 aromatic carbocycles. The number of carbonyl (C=O) groups is 1. The van der Waals surface area contributed by atoms with Crippen LogP contribution in [0.25, 0.3) is 5.57 Å². The van der Waals surface area contributed by atoms with Crippen molar-refractivity contribution in [1.29, 1.82) is 0 Å². The minimum absolute atomic E-state index is 0.0853. The first-order chi connectivity index (χ1) is 9.47. The van der Waals surface area contributed by atoms with Crippen LogP contribution in [0.5, 0.6) is 5.75 Å². The molecule has 0 bridgehead atoms. The van der Waals surface area contributed by atoms with Crippen LogP contribution >= 0.6 is 0 Å². The molecule has 0 aromatic heterocycles. The highest BCUT2D eigenvalue weighted by atomic mass is 16.5. The molecule has 0 amide bonds. The summed E-state index contributed by atoms with van der Waals surface area (Å²) in [6, 6.07) is 6.19. The van der Waals surface area contributed by atoms with Crippen molar-refractivity contribution in [3.05, 3.63) is 34.9 Å². The van der Waals surface area contributed by atoms with Crippen molar-refractivity contribution in [2.75, 3.05) is 7.11 Å². The second kappa shape index (κ2) is 4.37. The number of hydrogen-bond donors (Lipinski definition) is 1. The summed E-state index contributed by atoms with van der Waals surface area (Å²) >= 11 is 0. The van der Waals surface area contributed by atoms with Crippen LogP contribution in [-0.2, 0) is 11.2 Å². The fraction of sp³-hybridized carbons (Fsp3) is 0.471. The van der Waals surface area contributed by atoms with Crippen molar-refractivity contribution in [3.8, 4) is 5.75 Å². The minimum Gasteiger partial charge on any atom is -0.497 e. The van der Waals surface area contributed by atoms with Gasteiger partial charge in [-0.05, 0) is 60.9 Å². The van der Waals surface area contributed by atoms with Crippen molar-refractivity contribution in [1.82, 2.24) is 0 Å². The first-order valence-electron chi connectivity index (χ1n) is 7.10. The largest absolute Gasteiger partial charge is 0.497 e. The average Bonchev–Trinajstić information content (AvgIpc) is 2.81. The third kappa shape index (κ3) is 1.69. The van der Waals surface area contributed by atoms with E-state index >= 15 is 0 Å². The maximum Gasteiger partial charge on any atom is 0.309 e. The quantitative estimate of drug-likeness (QED) is 0.896. The monoisotopic (exact) mass is 272 g/mol. The molecule has 106 valence electrons. The fourth-order valence-electron chi connectivity index (χ4n) is 3.61. The summed E-state index contributed by atoms with van der Waals surface area (Å²) in [5, 5.41) is 9.54. The second-order valence-corrected chi connectivity index (χ2v) is 6.15. The maximum absolute atomic E-state index is 11.6. The maximum atomic E-state index is 11.6. The zero-order chi connectivity index (χ0) is 14.5. The van der Waals surface area contributed by atoms with Crippen LogP contribution in [0.3, 0.4) is 0 Å². The Kier molecular flexibility index (Phi) is 2.89. The number of aliphatic carboxylic acids is 1. The molecule has 0 saturated heterocycles. The zero-order valence-corrected chi connectivity index (χ0v) is 12.2. The number of rotatable bonds is 2. The lowest BCUT2D eigenvalue weighted by Gasteiger charge is -2.37. The van der Waals surface area contributed by atoms with Gasteiger partial charge >= 0.3 is 5.97 Å². The van der Waals surface area contributed by atoms with Gasteiger partial charge in [-0.25, -0.2) is 0 Å². The Hall–Kier alpha value is -1.77. The Morgan fingerprint density at radius 3 is 2.85 bits per heavy atom. The van der Waals surface area contributed by atoms with Crippen LogP contribution in [0.2, 0.25) is 0 Å². The van der Waals surface area contributed by atoms with E-state index in [1.54, 1.807) is 7.11 Å². The van der Waals surface area contributed by atoms with Gasteiger partial charge in [-0.15, -0.1) is 0 Å². The number of carboxylic acids is 1. The molecule has 0 aliphatic heterocycles. The lowest BCUT2D eigenvalue weighted by molar-refractivity contribution is -0.150. The molecule has 0 radical (unpaired) electrons. The Balaban J connectivity index is 2.01. The van der Waals surface area contributed by atoms with Gasteiger partial charge in [0.15, 0.2) is 0 Å². The summed E-state index contributed by atoms with van der Waals surface area (Å²) in [6.07, 6.45) is 2.45. The van der Waals surface area contributed by atoms with Crippen molar-refractivity contribution in [2.45, 2.75) is 33.1 Å². The van der Waals surface area contributed by atoms with Crippen LogP contribution in [0.1, 0.15) is 37.8 Å². The molecule has 3 rings (SSSR count). The lowest BCUT2D eigenvalue weighted by Crippen LogP contribution is -2.37. The summed E-state index contributed by atoms with van der Waals surface area (Å²) in [4.78, 5) is 11.6. The summed E-state index contributed by atoms with van der Waals surface area (Å²) in [5.41, 5.74) is 4.61. The van der Waals surface area contributed by atoms with E-state index in [1.807, 2.05) is 13.0 Å². The first-order valence-corrected chi connectivity index (χ1v) is 7.10. The van der Waals surface area contributed by atoms with Gasteiger partial charge in [0.1, 0.15) is 5.75 Å². The van der Waals surface area contributed by atoms with Gasteiger partial charge in [0, 0.05) is 0 Å². The highest BCUT2D eigenvalue weighted by Crippen LogP contribution is 2.51. The van der Waals surface area contributed by atoms with Crippen molar-refractivity contribution < 1.29 is 14.6 Å². The molecular weight excluding hydrogens is 252 g/mol. The highest BCUT2D eigenvalue weighted by Gasteiger charge is 2.45.